The Morgan fingerprint density at radius 1 is 1.24 bits per heavy atom. The third-order valence-electron chi connectivity index (χ3n) is 5.28. The SMILES string of the molecule is COc1ccc(Nc2cc(SC)c3c(c2)[C@H]2CNCC[C@H]2N3)c(C)c1. The van der Waals surface area contributed by atoms with Crippen LogP contribution >= 0.6 is 11.8 Å². The zero-order valence-corrected chi connectivity index (χ0v) is 15.8. The molecule has 2 atom stereocenters. The van der Waals surface area contributed by atoms with Crippen LogP contribution in [-0.2, 0) is 0 Å². The van der Waals surface area contributed by atoms with Crippen molar-refractivity contribution in [2.24, 2.45) is 0 Å². The summed E-state index contributed by atoms with van der Waals surface area (Å²) in [6, 6.07) is 11.3. The maximum Gasteiger partial charge on any atom is 0.119 e. The van der Waals surface area contributed by atoms with Gasteiger partial charge in [0.25, 0.3) is 0 Å². The molecule has 4 nitrogen and oxygen atoms in total. The van der Waals surface area contributed by atoms with E-state index in [4.69, 9.17) is 4.74 Å². The minimum Gasteiger partial charge on any atom is -0.497 e. The van der Waals surface area contributed by atoms with Crippen LogP contribution in [0, 0.1) is 6.92 Å². The molecule has 0 amide bonds. The van der Waals surface area contributed by atoms with E-state index >= 15 is 0 Å². The van der Waals surface area contributed by atoms with E-state index in [1.807, 2.05) is 17.8 Å². The number of methoxy groups -OCH3 is 1. The summed E-state index contributed by atoms with van der Waals surface area (Å²) in [6.07, 6.45) is 3.34. The van der Waals surface area contributed by atoms with E-state index in [-0.39, 0.29) is 0 Å². The lowest BCUT2D eigenvalue weighted by Gasteiger charge is -2.26. The van der Waals surface area contributed by atoms with E-state index in [1.165, 1.54) is 28.1 Å². The number of ether oxygens (including phenoxy) is 1. The van der Waals surface area contributed by atoms with Crippen LogP contribution in [0.15, 0.2) is 35.2 Å². The van der Waals surface area contributed by atoms with Crippen LogP contribution in [0.4, 0.5) is 17.1 Å². The maximum atomic E-state index is 5.31. The van der Waals surface area contributed by atoms with E-state index in [0.29, 0.717) is 12.0 Å². The van der Waals surface area contributed by atoms with Crippen molar-refractivity contribution in [3.05, 3.63) is 41.5 Å². The van der Waals surface area contributed by atoms with Gasteiger partial charge in [0.15, 0.2) is 0 Å². The molecule has 2 aliphatic rings. The minimum absolute atomic E-state index is 0.563. The second kappa shape index (κ2) is 6.81. The topological polar surface area (TPSA) is 45.3 Å². The van der Waals surface area contributed by atoms with E-state index in [2.05, 4.69) is 53.4 Å². The van der Waals surface area contributed by atoms with Gasteiger partial charge in [-0.25, -0.2) is 0 Å². The van der Waals surface area contributed by atoms with Crippen molar-refractivity contribution in [2.45, 2.75) is 30.2 Å². The molecule has 1 saturated heterocycles. The van der Waals surface area contributed by atoms with Gasteiger partial charge in [0, 0.05) is 34.8 Å². The molecule has 0 radical (unpaired) electrons. The molecule has 0 spiro atoms. The number of rotatable bonds is 4. The Morgan fingerprint density at radius 3 is 2.88 bits per heavy atom. The van der Waals surface area contributed by atoms with Gasteiger partial charge < -0.3 is 20.7 Å². The second-order valence-corrected chi connectivity index (χ2v) is 7.65. The summed E-state index contributed by atoms with van der Waals surface area (Å²) in [7, 11) is 1.70. The van der Waals surface area contributed by atoms with Gasteiger partial charge in [-0.05, 0) is 67.6 Å². The Kier molecular flexibility index (Phi) is 4.52. The van der Waals surface area contributed by atoms with Gasteiger partial charge in [0.1, 0.15) is 5.75 Å². The monoisotopic (exact) mass is 355 g/mol. The summed E-state index contributed by atoms with van der Waals surface area (Å²) < 4.78 is 5.31. The standard InChI is InChI=1S/C20H25N3OS/c1-12-8-14(24-2)4-5-17(12)22-13-9-15-16-11-21-7-6-18(16)23-20(15)19(10-13)25-3/h4-5,8-10,16,18,21-23H,6-7,11H2,1-3H3/t16-,18-/m1/s1. The molecule has 0 aliphatic carbocycles. The maximum absolute atomic E-state index is 5.31. The molecule has 2 aliphatic heterocycles. The highest BCUT2D eigenvalue weighted by Gasteiger charge is 2.35. The van der Waals surface area contributed by atoms with Crippen molar-refractivity contribution in [3.63, 3.8) is 0 Å². The van der Waals surface area contributed by atoms with E-state index in [0.717, 1.165) is 30.2 Å². The van der Waals surface area contributed by atoms with Gasteiger partial charge in [-0.3, -0.25) is 0 Å². The number of hydrogen-bond donors (Lipinski definition) is 3. The summed E-state index contributed by atoms with van der Waals surface area (Å²) in [5.41, 5.74) is 6.24. The third-order valence-corrected chi connectivity index (χ3v) is 6.04. The Morgan fingerprint density at radius 2 is 2.12 bits per heavy atom. The average molecular weight is 356 g/mol. The molecule has 1 fully saturated rings. The largest absolute Gasteiger partial charge is 0.497 e. The molecule has 3 N–H and O–H groups in total. The van der Waals surface area contributed by atoms with Crippen molar-refractivity contribution in [1.29, 1.82) is 0 Å². The Balaban J connectivity index is 1.68. The summed E-state index contributed by atoms with van der Waals surface area (Å²) in [6.45, 7) is 4.27. The number of nitrogens with one attached hydrogen (secondary N) is 3. The van der Waals surface area contributed by atoms with Crippen LogP contribution in [0.1, 0.15) is 23.5 Å². The zero-order valence-electron chi connectivity index (χ0n) is 15.0. The lowest BCUT2D eigenvalue weighted by atomic mass is 9.90. The second-order valence-electron chi connectivity index (χ2n) is 6.80. The van der Waals surface area contributed by atoms with Crippen molar-refractivity contribution >= 4 is 28.8 Å². The molecule has 132 valence electrons. The molecule has 2 aromatic carbocycles. The number of anilines is 3. The predicted octanol–water partition coefficient (Wildman–Crippen LogP) is 4.34. The molecule has 25 heavy (non-hydrogen) atoms. The van der Waals surface area contributed by atoms with Crippen LogP contribution in [0.25, 0.3) is 0 Å². The number of aryl methyl sites for hydroxylation is 1. The summed E-state index contributed by atoms with van der Waals surface area (Å²) >= 11 is 1.81. The first kappa shape index (κ1) is 16.6. The summed E-state index contributed by atoms with van der Waals surface area (Å²) in [4.78, 5) is 1.32. The Hall–Kier alpha value is -1.85. The summed E-state index contributed by atoms with van der Waals surface area (Å²) in [5, 5.41) is 10.9. The lowest BCUT2D eigenvalue weighted by molar-refractivity contribution is 0.414. The van der Waals surface area contributed by atoms with Gasteiger partial charge in [0.05, 0.1) is 12.8 Å². The smallest absolute Gasteiger partial charge is 0.119 e. The number of piperidine rings is 1. The highest BCUT2D eigenvalue weighted by atomic mass is 32.2. The van der Waals surface area contributed by atoms with Crippen LogP contribution in [0.5, 0.6) is 5.75 Å². The predicted molar refractivity (Wildman–Crippen MR) is 107 cm³/mol. The minimum atomic E-state index is 0.563. The molecule has 4 rings (SSSR count). The van der Waals surface area contributed by atoms with Gasteiger partial charge in [-0.1, -0.05) is 0 Å². The fourth-order valence-corrected chi connectivity index (χ4v) is 4.55. The van der Waals surface area contributed by atoms with Gasteiger partial charge in [-0.2, -0.15) is 0 Å². The molecule has 2 aromatic rings. The van der Waals surface area contributed by atoms with Crippen molar-refractivity contribution in [1.82, 2.24) is 5.32 Å². The fourth-order valence-electron chi connectivity index (χ4n) is 3.92. The van der Waals surface area contributed by atoms with Gasteiger partial charge in [-0.15, -0.1) is 11.8 Å². The third kappa shape index (κ3) is 3.07. The number of fused-ring (bicyclic) bond motifs is 3. The molecule has 0 aromatic heterocycles. The molecular weight excluding hydrogens is 330 g/mol. The lowest BCUT2D eigenvalue weighted by Crippen LogP contribution is -2.38. The quantitative estimate of drug-likeness (QED) is 0.712. The molecule has 5 heteroatoms. The average Bonchev–Trinajstić information content (AvgIpc) is 3.01. The van der Waals surface area contributed by atoms with Crippen LogP contribution in [0.2, 0.25) is 0 Å². The van der Waals surface area contributed by atoms with Crippen molar-refractivity contribution in [2.75, 3.05) is 37.1 Å². The first-order valence-corrected chi connectivity index (χ1v) is 10.0. The first-order valence-electron chi connectivity index (χ1n) is 8.80. The Labute approximate surface area is 153 Å². The molecule has 0 unspecified atom stereocenters. The normalized spacial score (nSPS) is 21.2. The Bertz CT molecular complexity index is 793. The van der Waals surface area contributed by atoms with Gasteiger partial charge >= 0.3 is 0 Å². The van der Waals surface area contributed by atoms with Crippen molar-refractivity contribution < 1.29 is 4.74 Å². The van der Waals surface area contributed by atoms with E-state index in [9.17, 15) is 0 Å². The van der Waals surface area contributed by atoms with Crippen LogP contribution in [-0.4, -0.2) is 32.5 Å². The zero-order chi connectivity index (χ0) is 17.4. The molecule has 0 bridgehead atoms. The number of thioether (sulfide) groups is 1. The number of benzene rings is 2. The first-order chi connectivity index (χ1) is 12.2. The van der Waals surface area contributed by atoms with Crippen LogP contribution in [0.3, 0.4) is 0 Å². The molecule has 0 saturated carbocycles. The van der Waals surface area contributed by atoms with E-state index in [1.54, 1.807) is 7.11 Å². The molecule has 2 heterocycles. The summed E-state index contributed by atoms with van der Waals surface area (Å²) in [5.74, 6) is 1.45. The van der Waals surface area contributed by atoms with Gasteiger partial charge in [0.2, 0.25) is 0 Å². The van der Waals surface area contributed by atoms with E-state index < -0.39 is 0 Å². The number of hydrogen-bond acceptors (Lipinski definition) is 5. The highest BCUT2D eigenvalue weighted by molar-refractivity contribution is 7.98. The fraction of sp³-hybridized carbons (Fsp3) is 0.400. The molecular formula is C20H25N3OS. The van der Waals surface area contributed by atoms with Crippen molar-refractivity contribution in [3.8, 4) is 5.75 Å². The van der Waals surface area contributed by atoms with Crippen LogP contribution < -0.4 is 20.7 Å². The highest BCUT2D eigenvalue weighted by Crippen LogP contribution is 2.45.